The highest BCUT2D eigenvalue weighted by molar-refractivity contribution is 7.99. The maximum absolute atomic E-state index is 5.95. The number of thioether (sulfide) groups is 1. The average Bonchev–Trinajstić information content (AvgIpc) is 2.48. The Balaban J connectivity index is 2.18. The van der Waals surface area contributed by atoms with Crippen LogP contribution in [-0.2, 0) is 0 Å². The zero-order valence-electron chi connectivity index (χ0n) is 11.1. The first-order chi connectivity index (χ1) is 9.78. The molecule has 1 aromatic heterocycles. The lowest BCUT2D eigenvalue weighted by Crippen LogP contribution is -1.88. The van der Waals surface area contributed by atoms with Crippen LogP contribution < -0.4 is 0 Å². The number of benzene rings is 2. The van der Waals surface area contributed by atoms with Gasteiger partial charge < -0.3 is 0 Å². The molecule has 3 heteroatoms. The van der Waals surface area contributed by atoms with E-state index in [0.29, 0.717) is 0 Å². The van der Waals surface area contributed by atoms with E-state index in [1.54, 1.807) is 0 Å². The number of nitrogens with zero attached hydrogens (tertiary/aromatic N) is 1. The lowest BCUT2D eigenvalue weighted by Gasteiger charge is -2.09. The van der Waals surface area contributed by atoms with Crippen molar-refractivity contribution in [1.82, 2.24) is 4.98 Å². The Labute approximate surface area is 128 Å². The molecule has 3 rings (SSSR count). The fourth-order valence-electron chi connectivity index (χ4n) is 2.19. The van der Waals surface area contributed by atoms with Crippen LogP contribution in [0.2, 0.25) is 5.02 Å². The van der Waals surface area contributed by atoms with E-state index in [2.05, 4.69) is 31.2 Å². The number of halogens is 1. The van der Waals surface area contributed by atoms with Crippen molar-refractivity contribution in [2.75, 3.05) is 5.75 Å². The molecule has 0 bridgehead atoms. The molecule has 0 spiro atoms. The van der Waals surface area contributed by atoms with E-state index in [0.717, 1.165) is 27.5 Å². The standard InChI is InChI=1S/C17H14ClNS/c1-2-20-17-11-16(12-7-9-13(18)10-8-12)19-15-6-4-3-5-14(15)17/h3-11H,2H2,1H3. The predicted octanol–water partition coefficient (Wildman–Crippen LogP) is 5.67. The maximum Gasteiger partial charge on any atom is 0.0720 e. The number of hydrogen-bond donors (Lipinski definition) is 0. The zero-order chi connectivity index (χ0) is 13.9. The van der Waals surface area contributed by atoms with Crippen LogP contribution in [0.25, 0.3) is 22.2 Å². The maximum atomic E-state index is 5.95. The molecule has 0 radical (unpaired) electrons. The quantitative estimate of drug-likeness (QED) is 0.578. The van der Waals surface area contributed by atoms with Crippen LogP contribution in [0.5, 0.6) is 0 Å². The normalized spacial score (nSPS) is 10.9. The summed E-state index contributed by atoms with van der Waals surface area (Å²) < 4.78 is 0. The molecule has 0 atom stereocenters. The minimum absolute atomic E-state index is 0.748. The van der Waals surface area contributed by atoms with Crippen LogP contribution in [-0.4, -0.2) is 10.7 Å². The average molecular weight is 300 g/mol. The molecule has 20 heavy (non-hydrogen) atoms. The largest absolute Gasteiger partial charge is 0.248 e. The lowest BCUT2D eigenvalue weighted by molar-refractivity contribution is 1.34. The first-order valence-corrected chi connectivity index (χ1v) is 7.93. The summed E-state index contributed by atoms with van der Waals surface area (Å²) in [7, 11) is 0. The van der Waals surface area contributed by atoms with Gasteiger partial charge in [0.25, 0.3) is 0 Å². The van der Waals surface area contributed by atoms with Gasteiger partial charge in [-0.3, -0.25) is 0 Å². The van der Waals surface area contributed by atoms with Gasteiger partial charge in [0.15, 0.2) is 0 Å². The molecule has 0 N–H and O–H groups in total. The van der Waals surface area contributed by atoms with Crippen molar-refractivity contribution in [3.05, 3.63) is 59.6 Å². The zero-order valence-corrected chi connectivity index (χ0v) is 12.7. The summed E-state index contributed by atoms with van der Waals surface area (Å²) in [6.07, 6.45) is 0. The summed E-state index contributed by atoms with van der Waals surface area (Å²) in [6, 6.07) is 18.3. The monoisotopic (exact) mass is 299 g/mol. The van der Waals surface area contributed by atoms with Crippen molar-refractivity contribution < 1.29 is 0 Å². The second-order valence-corrected chi connectivity index (χ2v) is 6.20. The Bertz CT molecular complexity index is 738. The molecule has 0 saturated heterocycles. The molecule has 1 heterocycles. The van der Waals surface area contributed by atoms with Crippen molar-refractivity contribution in [3.8, 4) is 11.3 Å². The number of rotatable bonds is 3. The SMILES string of the molecule is CCSc1cc(-c2ccc(Cl)cc2)nc2ccccc12. The van der Waals surface area contributed by atoms with Gasteiger partial charge >= 0.3 is 0 Å². The lowest BCUT2D eigenvalue weighted by atomic mass is 10.1. The Morgan fingerprint density at radius 3 is 2.55 bits per heavy atom. The fraction of sp³-hybridized carbons (Fsp3) is 0.118. The highest BCUT2D eigenvalue weighted by Gasteiger charge is 2.07. The Morgan fingerprint density at radius 2 is 1.80 bits per heavy atom. The summed E-state index contributed by atoms with van der Waals surface area (Å²) in [6.45, 7) is 2.17. The summed E-state index contributed by atoms with van der Waals surface area (Å²) in [5.41, 5.74) is 3.13. The molecule has 0 saturated carbocycles. The second kappa shape index (κ2) is 5.86. The molecule has 0 amide bonds. The van der Waals surface area contributed by atoms with Crippen LogP contribution in [0.3, 0.4) is 0 Å². The molecule has 0 aliphatic heterocycles. The van der Waals surface area contributed by atoms with Crippen molar-refractivity contribution in [1.29, 1.82) is 0 Å². The second-order valence-electron chi connectivity index (χ2n) is 4.46. The van der Waals surface area contributed by atoms with E-state index in [4.69, 9.17) is 16.6 Å². The molecule has 0 unspecified atom stereocenters. The van der Waals surface area contributed by atoms with Crippen LogP contribution in [0.15, 0.2) is 59.5 Å². The highest BCUT2D eigenvalue weighted by Crippen LogP contribution is 2.31. The minimum Gasteiger partial charge on any atom is -0.248 e. The van der Waals surface area contributed by atoms with Crippen molar-refractivity contribution in [2.24, 2.45) is 0 Å². The van der Waals surface area contributed by atoms with Gasteiger partial charge in [0.2, 0.25) is 0 Å². The van der Waals surface area contributed by atoms with E-state index >= 15 is 0 Å². The van der Waals surface area contributed by atoms with Gasteiger partial charge in [0.1, 0.15) is 0 Å². The molecule has 100 valence electrons. The highest BCUT2D eigenvalue weighted by atomic mass is 35.5. The Morgan fingerprint density at radius 1 is 1.05 bits per heavy atom. The number of fused-ring (bicyclic) bond motifs is 1. The number of pyridine rings is 1. The number of hydrogen-bond acceptors (Lipinski definition) is 2. The third kappa shape index (κ3) is 2.67. The van der Waals surface area contributed by atoms with Gasteiger partial charge in [0.05, 0.1) is 11.2 Å². The molecule has 1 nitrogen and oxygen atoms in total. The van der Waals surface area contributed by atoms with Crippen molar-refractivity contribution in [3.63, 3.8) is 0 Å². The third-order valence-corrected chi connectivity index (χ3v) is 4.31. The van der Waals surface area contributed by atoms with Crippen molar-refractivity contribution >= 4 is 34.3 Å². The van der Waals surface area contributed by atoms with E-state index in [1.807, 2.05) is 42.1 Å². The third-order valence-electron chi connectivity index (χ3n) is 3.12. The topological polar surface area (TPSA) is 12.9 Å². The van der Waals surface area contributed by atoms with Gasteiger partial charge in [-0.15, -0.1) is 11.8 Å². The van der Waals surface area contributed by atoms with Gasteiger partial charge in [0, 0.05) is 20.9 Å². The van der Waals surface area contributed by atoms with E-state index < -0.39 is 0 Å². The van der Waals surface area contributed by atoms with Crippen LogP contribution in [0.1, 0.15) is 6.92 Å². The Hall–Kier alpha value is -1.51. The summed E-state index contributed by atoms with van der Waals surface area (Å²) >= 11 is 7.80. The van der Waals surface area contributed by atoms with E-state index in [9.17, 15) is 0 Å². The van der Waals surface area contributed by atoms with Crippen LogP contribution in [0, 0.1) is 0 Å². The predicted molar refractivity (Wildman–Crippen MR) is 88.6 cm³/mol. The summed E-state index contributed by atoms with van der Waals surface area (Å²) in [5, 5.41) is 1.97. The van der Waals surface area contributed by atoms with Gasteiger partial charge in [-0.2, -0.15) is 0 Å². The van der Waals surface area contributed by atoms with Crippen LogP contribution in [0.4, 0.5) is 0 Å². The van der Waals surface area contributed by atoms with Gasteiger partial charge in [-0.25, -0.2) is 4.98 Å². The first kappa shape index (κ1) is 13.5. The molecular weight excluding hydrogens is 286 g/mol. The molecule has 2 aromatic carbocycles. The number of para-hydroxylation sites is 1. The summed E-state index contributed by atoms with van der Waals surface area (Å²) in [5.74, 6) is 1.05. The van der Waals surface area contributed by atoms with Gasteiger partial charge in [-0.1, -0.05) is 48.9 Å². The molecule has 0 aliphatic rings. The van der Waals surface area contributed by atoms with E-state index in [1.165, 1.54) is 10.3 Å². The summed E-state index contributed by atoms with van der Waals surface area (Å²) in [4.78, 5) is 6.04. The van der Waals surface area contributed by atoms with Crippen molar-refractivity contribution in [2.45, 2.75) is 11.8 Å². The van der Waals surface area contributed by atoms with Gasteiger partial charge in [-0.05, 0) is 30.0 Å². The smallest absolute Gasteiger partial charge is 0.0720 e. The first-order valence-electron chi connectivity index (χ1n) is 6.56. The molecule has 0 aliphatic carbocycles. The number of aromatic nitrogens is 1. The van der Waals surface area contributed by atoms with E-state index in [-0.39, 0.29) is 0 Å². The minimum atomic E-state index is 0.748. The fourth-order valence-corrected chi connectivity index (χ4v) is 3.15. The molecule has 0 fully saturated rings. The van der Waals surface area contributed by atoms with Crippen LogP contribution >= 0.6 is 23.4 Å². The Kier molecular flexibility index (Phi) is 3.95. The molecular formula is C17H14ClNS. The molecule has 3 aromatic rings.